The van der Waals surface area contributed by atoms with Crippen LogP contribution >= 0.6 is 11.6 Å². The molecule has 4 nitrogen and oxygen atoms in total. The molecule has 0 amide bonds. The maximum atomic E-state index is 5.78. The first-order valence-corrected chi connectivity index (χ1v) is 5.53. The van der Waals surface area contributed by atoms with Crippen molar-refractivity contribution in [3.05, 3.63) is 16.8 Å². The summed E-state index contributed by atoms with van der Waals surface area (Å²) >= 11 is 5.78. The molecule has 1 aromatic rings. The molecular weight excluding hydrogens is 212 g/mol. The molecule has 0 radical (unpaired) electrons. The number of aromatic nitrogens is 2. The molecule has 2 rings (SSSR count). The summed E-state index contributed by atoms with van der Waals surface area (Å²) in [6.45, 7) is 7.12. The van der Waals surface area contributed by atoms with E-state index < -0.39 is 0 Å². The Hall–Kier alpha value is -0.870. The fourth-order valence-electron chi connectivity index (χ4n) is 1.88. The van der Waals surface area contributed by atoms with Crippen LogP contribution in [0.4, 0.5) is 5.82 Å². The second-order valence-electron chi connectivity index (χ2n) is 3.97. The minimum absolute atomic E-state index is 0.458. The van der Waals surface area contributed by atoms with Gasteiger partial charge in [0.05, 0.1) is 0 Å². The molecule has 1 fully saturated rings. The zero-order valence-corrected chi connectivity index (χ0v) is 9.75. The molecule has 15 heavy (non-hydrogen) atoms. The minimum Gasteiger partial charge on any atom is -0.352 e. The highest BCUT2D eigenvalue weighted by Gasteiger charge is 2.18. The van der Waals surface area contributed by atoms with Gasteiger partial charge in [0.25, 0.3) is 0 Å². The van der Waals surface area contributed by atoms with Crippen molar-refractivity contribution >= 4 is 17.4 Å². The first-order chi connectivity index (χ1) is 7.16. The van der Waals surface area contributed by atoms with E-state index in [-0.39, 0.29) is 0 Å². The summed E-state index contributed by atoms with van der Waals surface area (Å²) in [5.74, 6) is 0.952. The van der Waals surface area contributed by atoms with Crippen molar-refractivity contribution < 1.29 is 0 Å². The second-order valence-corrected chi connectivity index (χ2v) is 4.36. The van der Waals surface area contributed by atoms with Crippen molar-refractivity contribution in [3.8, 4) is 0 Å². The van der Waals surface area contributed by atoms with E-state index in [1.54, 1.807) is 0 Å². The molecule has 0 aliphatic carbocycles. The first-order valence-electron chi connectivity index (χ1n) is 5.15. The van der Waals surface area contributed by atoms with Crippen LogP contribution in [-0.2, 0) is 0 Å². The standard InChI is InChI=1S/C10H15ClN4/c1-7-5-9(11)13-14-10(7)15-4-3-12-8(2)6-15/h5,8,12H,3-4,6H2,1-2H3/t8-/m1/s1. The summed E-state index contributed by atoms with van der Waals surface area (Å²) in [5, 5.41) is 11.9. The van der Waals surface area contributed by atoms with Gasteiger partial charge in [-0.25, -0.2) is 0 Å². The van der Waals surface area contributed by atoms with E-state index in [0.29, 0.717) is 11.2 Å². The zero-order chi connectivity index (χ0) is 10.8. The molecule has 1 aliphatic rings. The lowest BCUT2D eigenvalue weighted by molar-refractivity contribution is 0.480. The highest BCUT2D eigenvalue weighted by atomic mass is 35.5. The first kappa shape index (κ1) is 10.6. The van der Waals surface area contributed by atoms with Crippen molar-refractivity contribution in [1.29, 1.82) is 0 Å². The molecule has 0 saturated carbocycles. The van der Waals surface area contributed by atoms with Crippen LogP contribution in [0.5, 0.6) is 0 Å². The van der Waals surface area contributed by atoms with Crippen molar-refractivity contribution in [2.75, 3.05) is 24.5 Å². The Balaban J connectivity index is 2.21. The Kier molecular flexibility index (Phi) is 3.07. The lowest BCUT2D eigenvalue weighted by Gasteiger charge is -2.33. The monoisotopic (exact) mass is 226 g/mol. The van der Waals surface area contributed by atoms with Gasteiger partial charge in [0.2, 0.25) is 0 Å². The molecule has 1 N–H and O–H groups in total. The van der Waals surface area contributed by atoms with Crippen molar-refractivity contribution in [2.24, 2.45) is 0 Å². The average molecular weight is 227 g/mol. The lowest BCUT2D eigenvalue weighted by Crippen LogP contribution is -2.49. The summed E-state index contributed by atoms with van der Waals surface area (Å²) in [5.41, 5.74) is 1.09. The summed E-state index contributed by atoms with van der Waals surface area (Å²) in [6, 6.07) is 2.35. The van der Waals surface area contributed by atoms with Gasteiger partial charge in [-0.3, -0.25) is 0 Å². The van der Waals surface area contributed by atoms with Crippen LogP contribution in [0.25, 0.3) is 0 Å². The molecule has 0 unspecified atom stereocenters. The third kappa shape index (κ3) is 2.38. The van der Waals surface area contributed by atoms with Crippen molar-refractivity contribution in [1.82, 2.24) is 15.5 Å². The van der Waals surface area contributed by atoms with Gasteiger partial charge in [-0.05, 0) is 25.5 Å². The predicted molar refractivity (Wildman–Crippen MR) is 61.5 cm³/mol. The van der Waals surface area contributed by atoms with Crippen LogP contribution in [0.2, 0.25) is 5.15 Å². The maximum absolute atomic E-state index is 5.78. The fraction of sp³-hybridized carbons (Fsp3) is 0.600. The van der Waals surface area contributed by atoms with Gasteiger partial charge in [0, 0.05) is 25.7 Å². The number of nitrogens with zero attached hydrogens (tertiary/aromatic N) is 3. The largest absolute Gasteiger partial charge is 0.352 e. The van der Waals surface area contributed by atoms with E-state index in [1.807, 2.05) is 13.0 Å². The summed E-state index contributed by atoms with van der Waals surface area (Å²) < 4.78 is 0. The third-order valence-electron chi connectivity index (χ3n) is 2.60. The van der Waals surface area contributed by atoms with Crippen molar-refractivity contribution in [3.63, 3.8) is 0 Å². The molecule has 0 aromatic carbocycles. The molecule has 0 bridgehead atoms. The molecular formula is C10H15ClN4. The van der Waals surface area contributed by atoms with E-state index in [2.05, 4.69) is 27.3 Å². The number of anilines is 1. The molecule has 1 aromatic heterocycles. The molecule has 1 atom stereocenters. The number of hydrogen-bond acceptors (Lipinski definition) is 4. The SMILES string of the molecule is Cc1cc(Cl)nnc1N1CCN[C@H](C)C1. The number of halogens is 1. The summed E-state index contributed by atoms with van der Waals surface area (Å²) in [6.07, 6.45) is 0. The second kappa shape index (κ2) is 4.33. The molecule has 1 aliphatic heterocycles. The number of piperazine rings is 1. The zero-order valence-electron chi connectivity index (χ0n) is 9.00. The molecule has 82 valence electrons. The van der Waals surface area contributed by atoms with E-state index >= 15 is 0 Å². The molecule has 2 heterocycles. The fourth-order valence-corrected chi connectivity index (χ4v) is 2.08. The van der Waals surface area contributed by atoms with Gasteiger partial charge in [0.1, 0.15) is 0 Å². The van der Waals surface area contributed by atoms with E-state index in [1.165, 1.54) is 0 Å². The number of nitrogens with one attached hydrogen (secondary N) is 1. The van der Waals surface area contributed by atoms with Crippen LogP contribution in [-0.4, -0.2) is 35.9 Å². The molecule has 5 heteroatoms. The topological polar surface area (TPSA) is 41.1 Å². The van der Waals surface area contributed by atoms with E-state index in [4.69, 9.17) is 11.6 Å². The van der Waals surface area contributed by atoms with Gasteiger partial charge in [-0.1, -0.05) is 11.6 Å². The van der Waals surface area contributed by atoms with Crippen LogP contribution in [0.15, 0.2) is 6.07 Å². The van der Waals surface area contributed by atoms with Crippen LogP contribution in [0.1, 0.15) is 12.5 Å². The highest BCUT2D eigenvalue weighted by Crippen LogP contribution is 2.19. The van der Waals surface area contributed by atoms with Gasteiger partial charge < -0.3 is 10.2 Å². The maximum Gasteiger partial charge on any atom is 0.154 e. The Bertz CT molecular complexity index is 355. The Morgan fingerprint density at radius 2 is 2.33 bits per heavy atom. The van der Waals surface area contributed by atoms with E-state index in [0.717, 1.165) is 31.0 Å². The number of aryl methyl sites for hydroxylation is 1. The average Bonchev–Trinajstić information content (AvgIpc) is 2.17. The number of hydrogen-bond donors (Lipinski definition) is 1. The van der Waals surface area contributed by atoms with Crippen LogP contribution < -0.4 is 10.2 Å². The lowest BCUT2D eigenvalue weighted by atomic mass is 10.2. The van der Waals surface area contributed by atoms with Gasteiger partial charge in [-0.15, -0.1) is 10.2 Å². The molecule has 1 saturated heterocycles. The van der Waals surface area contributed by atoms with Gasteiger partial charge in [0.15, 0.2) is 11.0 Å². The van der Waals surface area contributed by atoms with Crippen LogP contribution in [0.3, 0.4) is 0 Å². The predicted octanol–water partition coefficient (Wildman–Crippen LogP) is 1.24. The number of rotatable bonds is 1. The normalized spacial score (nSPS) is 21.8. The molecule has 0 spiro atoms. The summed E-state index contributed by atoms with van der Waals surface area (Å²) in [4.78, 5) is 2.25. The Labute approximate surface area is 94.6 Å². The van der Waals surface area contributed by atoms with Gasteiger partial charge >= 0.3 is 0 Å². The summed E-state index contributed by atoms with van der Waals surface area (Å²) in [7, 11) is 0. The van der Waals surface area contributed by atoms with Gasteiger partial charge in [-0.2, -0.15) is 0 Å². The van der Waals surface area contributed by atoms with Crippen molar-refractivity contribution in [2.45, 2.75) is 19.9 Å². The Morgan fingerprint density at radius 3 is 3.00 bits per heavy atom. The highest BCUT2D eigenvalue weighted by molar-refractivity contribution is 6.29. The van der Waals surface area contributed by atoms with E-state index in [9.17, 15) is 0 Å². The smallest absolute Gasteiger partial charge is 0.154 e. The Morgan fingerprint density at radius 1 is 1.53 bits per heavy atom. The van der Waals surface area contributed by atoms with Crippen LogP contribution in [0, 0.1) is 6.92 Å². The minimum atomic E-state index is 0.458. The third-order valence-corrected chi connectivity index (χ3v) is 2.78. The quantitative estimate of drug-likeness (QED) is 0.782.